The van der Waals surface area contributed by atoms with Gasteiger partial charge in [-0.1, -0.05) is 12.1 Å². The number of methoxy groups -OCH3 is 1. The van der Waals surface area contributed by atoms with Crippen LogP contribution in [-0.2, 0) is 10.6 Å². The van der Waals surface area contributed by atoms with Crippen molar-refractivity contribution in [2.45, 2.75) is 25.3 Å². The van der Waals surface area contributed by atoms with E-state index in [-0.39, 0.29) is 17.5 Å². The van der Waals surface area contributed by atoms with Crippen molar-refractivity contribution >= 4 is 22.5 Å². The third-order valence-electron chi connectivity index (χ3n) is 3.18. The molecule has 0 spiro atoms. The first-order valence-electron chi connectivity index (χ1n) is 6.24. The normalized spacial score (nSPS) is 12.8. The highest BCUT2D eigenvalue weighted by atomic mass is 35.5. The Morgan fingerprint density at radius 3 is 2.84 bits per heavy atom. The Morgan fingerprint density at radius 1 is 1.42 bits per heavy atom. The van der Waals surface area contributed by atoms with E-state index < -0.39 is 0 Å². The largest absolute Gasteiger partial charge is 0.385 e. The van der Waals surface area contributed by atoms with Gasteiger partial charge >= 0.3 is 0 Å². The predicted molar refractivity (Wildman–Crippen MR) is 76.8 cm³/mol. The number of para-hydroxylation sites is 1. The average Bonchev–Trinajstić information content (AvgIpc) is 2.44. The molecule has 0 radical (unpaired) electrons. The minimum absolute atomic E-state index is 0.0123. The van der Waals surface area contributed by atoms with Crippen molar-refractivity contribution in [2.24, 2.45) is 0 Å². The second-order valence-corrected chi connectivity index (χ2v) is 4.75. The van der Waals surface area contributed by atoms with Crippen LogP contribution in [0.15, 0.2) is 29.1 Å². The molecule has 1 unspecified atom stereocenters. The molecule has 0 fully saturated rings. The minimum atomic E-state index is -0.0372. The SMILES string of the molecule is COCCC(C)n1c(CCl)nc2ccccc2c1=O. The number of fused-ring (bicyclic) bond motifs is 1. The first-order valence-corrected chi connectivity index (χ1v) is 6.77. The van der Waals surface area contributed by atoms with Crippen molar-refractivity contribution in [3.8, 4) is 0 Å². The number of hydrogen-bond acceptors (Lipinski definition) is 3. The molecule has 1 aromatic carbocycles. The number of rotatable bonds is 5. The van der Waals surface area contributed by atoms with E-state index in [2.05, 4.69) is 4.98 Å². The highest BCUT2D eigenvalue weighted by molar-refractivity contribution is 6.16. The van der Waals surface area contributed by atoms with Crippen LogP contribution in [0.25, 0.3) is 10.9 Å². The van der Waals surface area contributed by atoms with Gasteiger partial charge in [-0.15, -0.1) is 11.6 Å². The van der Waals surface area contributed by atoms with Crippen LogP contribution < -0.4 is 5.56 Å². The zero-order valence-electron chi connectivity index (χ0n) is 11.1. The summed E-state index contributed by atoms with van der Waals surface area (Å²) in [5.74, 6) is 0.825. The molecular weight excluding hydrogens is 264 g/mol. The van der Waals surface area contributed by atoms with Gasteiger partial charge < -0.3 is 4.74 Å². The van der Waals surface area contributed by atoms with Gasteiger partial charge in [0.15, 0.2) is 0 Å². The molecule has 1 heterocycles. The van der Waals surface area contributed by atoms with E-state index in [1.807, 2.05) is 25.1 Å². The number of alkyl halides is 1. The Kier molecular flexibility index (Phi) is 4.56. The summed E-state index contributed by atoms with van der Waals surface area (Å²) in [5, 5.41) is 0.626. The van der Waals surface area contributed by atoms with Crippen LogP contribution >= 0.6 is 11.6 Å². The summed E-state index contributed by atoms with van der Waals surface area (Å²) in [6.07, 6.45) is 0.750. The fourth-order valence-corrected chi connectivity index (χ4v) is 2.35. The quantitative estimate of drug-likeness (QED) is 0.791. The van der Waals surface area contributed by atoms with Gasteiger partial charge in [-0.25, -0.2) is 4.98 Å². The Hall–Kier alpha value is -1.39. The molecule has 19 heavy (non-hydrogen) atoms. The minimum Gasteiger partial charge on any atom is -0.385 e. The zero-order chi connectivity index (χ0) is 13.8. The molecule has 0 N–H and O–H groups in total. The highest BCUT2D eigenvalue weighted by Gasteiger charge is 2.15. The van der Waals surface area contributed by atoms with Gasteiger partial charge in [0.05, 0.1) is 16.8 Å². The number of nitrogens with zero attached hydrogens (tertiary/aromatic N) is 2. The first-order chi connectivity index (χ1) is 9.19. The number of aromatic nitrogens is 2. The molecule has 0 amide bonds. The highest BCUT2D eigenvalue weighted by Crippen LogP contribution is 2.15. The Bertz CT molecular complexity index is 624. The van der Waals surface area contributed by atoms with Crippen molar-refractivity contribution in [2.75, 3.05) is 13.7 Å². The Morgan fingerprint density at radius 2 is 2.16 bits per heavy atom. The van der Waals surface area contributed by atoms with E-state index in [1.165, 1.54) is 0 Å². The average molecular weight is 281 g/mol. The maximum absolute atomic E-state index is 12.5. The number of benzene rings is 1. The van der Waals surface area contributed by atoms with Gasteiger partial charge in [-0.2, -0.15) is 0 Å². The van der Waals surface area contributed by atoms with E-state index in [9.17, 15) is 4.79 Å². The third-order valence-corrected chi connectivity index (χ3v) is 3.42. The van der Waals surface area contributed by atoms with Gasteiger partial charge in [0.2, 0.25) is 0 Å². The van der Waals surface area contributed by atoms with Crippen LogP contribution in [0.2, 0.25) is 0 Å². The molecule has 2 aromatic rings. The van der Waals surface area contributed by atoms with Gasteiger partial charge in [0.1, 0.15) is 5.82 Å². The lowest BCUT2D eigenvalue weighted by Gasteiger charge is -2.18. The van der Waals surface area contributed by atoms with E-state index in [0.717, 1.165) is 6.42 Å². The third kappa shape index (κ3) is 2.80. The molecule has 1 atom stereocenters. The van der Waals surface area contributed by atoms with E-state index in [4.69, 9.17) is 16.3 Å². The molecule has 2 rings (SSSR count). The Balaban J connectivity index is 2.58. The van der Waals surface area contributed by atoms with Gasteiger partial charge in [-0.3, -0.25) is 9.36 Å². The van der Waals surface area contributed by atoms with Crippen molar-refractivity contribution in [3.63, 3.8) is 0 Å². The van der Waals surface area contributed by atoms with Crippen LogP contribution in [0, 0.1) is 0 Å². The van der Waals surface area contributed by atoms with Crippen molar-refractivity contribution in [3.05, 3.63) is 40.4 Å². The number of ether oxygens (including phenoxy) is 1. The molecule has 0 saturated carbocycles. The summed E-state index contributed by atoms with van der Waals surface area (Å²) < 4.78 is 6.74. The summed E-state index contributed by atoms with van der Waals surface area (Å²) >= 11 is 5.93. The maximum atomic E-state index is 12.5. The van der Waals surface area contributed by atoms with E-state index in [0.29, 0.717) is 23.3 Å². The molecule has 0 aliphatic carbocycles. The second kappa shape index (κ2) is 6.17. The lowest BCUT2D eigenvalue weighted by Crippen LogP contribution is -2.28. The lowest BCUT2D eigenvalue weighted by molar-refractivity contribution is 0.180. The Labute approximate surface area is 117 Å². The maximum Gasteiger partial charge on any atom is 0.261 e. The summed E-state index contributed by atoms with van der Waals surface area (Å²) in [6.45, 7) is 2.58. The van der Waals surface area contributed by atoms with Crippen molar-refractivity contribution < 1.29 is 4.74 Å². The zero-order valence-corrected chi connectivity index (χ0v) is 11.9. The molecular formula is C14H17ClN2O2. The summed E-state index contributed by atoms with van der Waals surface area (Å²) in [6, 6.07) is 7.35. The summed E-state index contributed by atoms with van der Waals surface area (Å²) in [5.41, 5.74) is 0.656. The smallest absolute Gasteiger partial charge is 0.261 e. The fourth-order valence-electron chi connectivity index (χ4n) is 2.16. The topological polar surface area (TPSA) is 44.1 Å². The standard InChI is InChI=1S/C14H17ClN2O2/c1-10(7-8-19-2)17-13(9-15)16-12-6-4-3-5-11(12)14(17)18/h3-6,10H,7-9H2,1-2H3. The van der Waals surface area contributed by atoms with Crippen LogP contribution in [-0.4, -0.2) is 23.3 Å². The number of hydrogen-bond donors (Lipinski definition) is 0. The monoisotopic (exact) mass is 280 g/mol. The molecule has 0 saturated heterocycles. The van der Waals surface area contributed by atoms with Gasteiger partial charge in [-0.05, 0) is 25.5 Å². The van der Waals surface area contributed by atoms with Crippen LogP contribution in [0.5, 0.6) is 0 Å². The van der Waals surface area contributed by atoms with Crippen LogP contribution in [0.1, 0.15) is 25.2 Å². The van der Waals surface area contributed by atoms with Crippen LogP contribution in [0.3, 0.4) is 0 Å². The first kappa shape index (κ1) is 14.0. The van der Waals surface area contributed by atoms with E-state index in [1.54, 1.807) is 17.7 Å². The number of halogens is 1. The van der Waals surface area contributed by atoms with Gasteiger partial charge in [0.25, 0.3) is 5.56 Å². The molecule has 102 valence electrons. The van der Waals surface area contributed by atoms with Crippen molar-refractivity contribution in [1.82, 2.24) is 9.55 Å². The molecule has 4 nitrogen and oxygen atoms in total. The summed E-state index contributed by atoms with van der Waals surface area (Å²) in [4.78, 5) is 17.0. The molecule has 0 aliphatic heterocycles. The summed E-state index contributed by atoms with van der Waals surface area (Å²) in [7, 11) is 1.65. The predicted octanol–water partition coefficient (Wildman–Crippen LogP) is 2.73. The molecule has 1 aromatic heterocycles. The second-order valence-electron chi connectivity index (χ2n) is 4.48. The molecule has 5 heteroatoms. The van der Waals surface area contributed by atoms with Crippen LogP contribution in [0.4, 0.5) is 0 Å². The molecule has 0 bridgehead atoms. The fraction of sp³-hybridized carbons (Fsp3) is 0.429. The molecule has 0 aliphatic rings. The van der Waals surface area contributed by atoms with E-state index >= 15 is 0 Å². The van der Waals surface area contributed by atoms with Crippen molar-refractivity contribution in [1.29, 1.82) is 0 Å². The lowest BCUT2D eigenvalue weighted by atomic mass is 10.2. The van der Waals surface area contributed by atoms with Gasteiger partial charge in [0, 0.05) is 19.8 Å².